The smallest absolute Gasteiger partial charge is 0.255 e. The third kappa shape index (κ3) is 4.36. The molecule has 34 heavy (non-hydrogen) atoms. The minimum atomic E-state index is -0.194. The summed E-state index contributed by atoms with van der Waals surface area (Å²) in [7, 11) is 0. The topological polar surface area (TPSA) is 129 Å². The van der Waals surface area contributed by atoms with Gasteiger partial charge in [-0.25, -0.2) is 9.97 Å². The van der Waals surface area contributed by atoms with Gasteiger partial charge in [-0.05, 0) is 61.6 Å². The van der Waals surface area contributed by atoms with E-state index in [0.29, 0.717) is 34.5 Å². The minimum Gasteiger partial charge on any atom is -0.383 e. The van der Waals surface area contributed by atoms with Crippen molar-refractivity contribution in [3.05, 3.63) is 77.1 Å². The third-order valence-corrected chi connectivity index (χ3v) is 6.81. The van der Waals surface area contributed by atoms with Crippen molar-refractivity contribution >= 4 is 28.9 Å². The molecule has 1 saturated carbocycles. The average Bonchev–Trinajstić information content (AvgIpc) is 3.47. The lowest BCUT2D eigenvalue weighted by molar-refractivity contribution is 0.102. The van der Waals surface area contributed by atoms with Gasteiger partial charge in [0, 0.05) is 28.9 Å². The van der Waals surface area contributed by atoms with Crippen LogP contribution in [0, 0.1) is 11.3 Å². The Bertz CT molecular complexity index is 1220. The van der Waals surface area contributed by atoms with Crippen LogP contribution in [0.5, 0.6) is 0 Å². The number of anilines is 3. The number of fused-ring (bicyclic) bond motifs is 2. The van der Waals surface area contributed by atoms with E-state index in [-0.39, 0.29) is 23.5 Å². The van der Waals surface area contributed by atoms with Crippen molar-refractivity contribution in [1.82, 2.24) is 15.3 Å². The van der Waals surface area contributed by atoms with Gasteiger partial charge < -0.3 is 21.7 Å². The SMILES string of the molecule is CCc1cccc(NC(=O)c2ccc(C(=N)c3c(N)ncnc3NC3CC4CNC3C4)cc2)c1. The molecule has 8 heteroatoms. The molecule has 1 aliphatic heterocycles. The first-order chi connectivity index (χ1) is 16.5. The maximum atomic E-state index is 12.7. The number of hydrogen-bond donors (Lipinski definition) is 5. The van der Waals surface area contributed by atoms with E-state index in [1.54, 1.807) is 24.3 Å². The number of carbonyl (C=O) groups is 1. The number of carbonyl (C=O) groups excluding carboxylic acids is 1. The Balaban J connectivity index is 1.32. The predicted molar refractivity (Wildman–Crippen MR) is 135 cm³/mol. The van der Waals surface area contributed by atoms with Crippen molar-refractivity contribution in [2.24, 2.45) is 5.92 Å². The van der Waals surface area contributed by atoms with Crippen LogP contribution in [0.4, 0.5) is 17.3 Å². The summed E-state index contributed by atoms with van der Waals surface area (Å²) >= 11 is 0. The number of nitrogen functional groups attached to an aromatic ring is 1. The van der Waals surface area contributed by atoms with E-state index in [4.69, 9.17) is 11.1 Å². The molecule has 3 atom stereocenters. The number of piperidine rings is 1. The molecule has 8 nitrogen and oxygen atoms in total. The predicted octanol–water partition coefficient (Wildman–Crippen LogP) is 3.45. The number of amides is 1. The van der Waals surface area contributed by atoms with E-state index in [2.05, 4.69) is 32.8 Å². The van der Waals surface area contributed by atoms with Crippen LogP contribution in [0.25, 0.3) is 0 Å². The van der Waals surface area contributed by atoms with Gasteiger partial charge in [0.05, 0.1) is 11.3 Å². The van der Waals surface area contributed by atoms with E-state index in [9.17, 15) is 4.79 Å². The number of rotatable bonds is 7. The molecule has 5 rings (SSSR count). The molecular formula is C26H29N7O. The van der Waals surface area contributed by atoms with Crippen LogP contribution in [-0.2, 0) is 6.42 Å². The Morgan fingerprint density at radius 3 is 2.65 bits per heavy atom. The monoisotopic (exact) mass is 455 g/mol. The van der Waals surface area contributed by atoms with Gasteiger partial charge in [-0.1, -0.05) is 31.2 Å². The van der Waals surface area contributed by atoms with Crippen LogP contribution in [0.2, 0.25) is 0 Å². The molecule has 2 heterocycles. The normalized spacial score (nSPS) is 20.8. The van der Waals surface area contributed by atoms with Gasteiger partial charge in [0.25, 0.3) is 5.91 Å². The number of hydrogen-bond acceptors (Lipinski definition) is 7. The lowest BCUT2D eigenvalue weighted by Gasteiger charge is -2.25. The molecule has 0 radical (unpaired) electrons. The van der Waals surface area contributed by atoms with E-state index < -0.39 is 0 Å². The molecule has 1 saturated heterocycles. The van der Waals surface area contributed by atoms with Crippen molar-refractivity contribution in [3.8, 4) is 0 Å². The molecule has 3 unspecified atom stereocenters. The standard InChI is InChI=1S/C26H29N7O/c1-2-15-4-3-5-19(10-15)32-26(34)18-8-6-17(7-9-18)23(27)22-24(28)30-14-31-25(22)33-21-12-16-11-20(21)29-13-16/h3-10,14,16,20-21,27,29H,2,11-13H2,1H3,(H,32,34)(H3,28,30,31,33). The zero-order chi connectivity index (χ0) is 23.7. The zero-order valence-corrected chi connectivity index (χ0v) is 19.1. The number of nitrogens with two attached hydrogens (primary N) is 1. The Morgan fingerprint density at radius 1 is 1.15 bits per heavy atom. The van der Waals surface area contributed by atoms with Crippen LogP contribution in [0.3, 0.4) is 0 Å². The fourth-order valence-corrected chi connectivity index (χ4v) is 4.95. The fourth-order valence-electron chi connectivity index (χ4n) is 4.95. The highest BCUT2D eigenvalue weighted by Crippen LogP contribution is 2.34. The quantitative estimate of drug-likeness (QED) is 0.347. The summed E-state index contributed by atoms with van der Waals surface area (Å²) in [5.74, 6) is 1.33. The summed E-state index contributed by atoms with van der Waals surface area (Å²) < 4.78 is 0. The molecular weight excluding hydrogens is 426 g/mol. The molecule has 6 N–H and O–H groups in total. The maximum absolute atomic E-state index is 12.7. The second-order valence-corrected chi connectivity index (χ2v) is 9.05. The molecule has 3 aromatic rings. The van der Waals surface area contributed by atoms with Gasteiger partial charge in [0.1, 0.15) is 18.0 Å². The molecule has 1 aliphatic carbocycles. The lowest BCUT2D eigenvalue weighted by atomic mass is 10.0. The van der Waals surface area contributed by atoms with E-state index >= 15 is 0 Å². The summed E-state index contributed by atoms with van der Waals surface area (Å²) in [6, 6.07) is 15.4. The van der Waals surface area contributed by atoms with Gasteiger partial charge in [0.2, 0.25) is 0 Å². The number of aromatic nitrogens is 2. The van der Waals surface area contributed by atoms with Gasteiger partial charge in [-0.15, -0.1) is 0 Å². The minimum absolute atomic E-state index is 0.194. The Kier molecular flexibility index (Phi) is 5.98. The highest BCUT2D eigenvalue weighted by molar-refractivity contribution is 6.16. The Hall–Kier alpha value is -3.78. The Labute approximate surface area is 198 Å². The highest BCUT2D eigenvalue weighted by Gasteiger charge is 2.39. The third-order valence-electron chi connectivity index (χ3n) is 6.81. The fraction of sp³-hybridized carbons (Fsp3) is 0.308. The van der Waals surface area contributed by atoms with Crippen LogP contribution in [-0.4, -0.2) is 40.2 Å². The van der Waals surface area contributed by atoms with Gasteiger partial charge in [-0.2, -0.15) is 0 Å². The maximum Gasteiger partial charge on any atom is 0.255 e. The molecule has 1 aromatic heterocycles. The second-order valence-electron chi connectivity index (χ2n) is 9.05. The van der Waals surface area contributed by atoms with Crippen molar-refractivity contribution in [3.63, 3.8) is 0 Å². The molecule has 2 bridgehead atoms. The first-order valence-electron chi connectivity index (χ1n) is 11.7. The Morgan fingerprint density at radius 2 is 1.94 bits per heavy atom. The number of nitrogens with one attached hydrogen (secondary N) is 4. The summed E-state index contributed by atoms with van der Waals surface area (Å²) in [6.45, 7) is 3.15. The number of aryl methyl sites for hydroxylation is 1. The number of nitrogens with zero attached hydrogens (tertiary/aromatic N) is 2. The first-order valence-corrected chi connectivity index (χ1v) is 11.7. The van der Waals surface area contributed by atoms with E-state index in [1.807, 2.05) is 24.3 Å². The molecule has 174 valence electrons. The van der Waals surface area contributed by atoms with Gasteiger partial charge >= 0.3 is 0 Å². The molecule has 2 aliphatic rings. The van der Waals surface area contributed by atoms with E-state index in [1.165, 1.54) is 6.33 Å². The van der Waals surface area contributed by atoms with Gasteiger partial charge in [-0.3, -0.25) is 10.2 Å². The summed E-state index contributed by atoms with van der Waals surface area (Å²) in [5, 5.41) is 18.8. The van der Waals surface area contributed by atoms with Crippen LogP contribution < -0.4 is 21.7 Å². The van der Waals surface area contributed by atoms with Crippen LogP contribution in [0.1, 0.15) is 46.8 Å². The lowest BCUT2D eigenvalue weighted by Crippen LogP contribution is -2.41. The summed E-state index contributed by atoms with van der Waals surface area (Å²) in [5.41, 5.74) is 9.97. The molecule has 2 fully saturated rings. The van der Waals surface area contributed by atoms with Crippen molar-refractivity contribution < 1.29 is 4.79 Å². The van der Waals surface area contributed by atoms with Crippen LogP contribution >= 0.6 is 0 Å². The summed E-state index contributed by atoms with van der Waals surface area (Å²) in [4.78, 5) is 21.2. The van der Waals surface area contributed by atoms with Crippen LogP contribution in [0.15, 0.2) is 54.9 Å². The average molecular weight is 456 g/mol. The zero-order valence-electron chi connectivity index (χ0n) is 19.1. The van der Waals surface area contributed by atoms with Gasteiger partial charge in [0.15, 0.2) is 0 Å². The second kappa shape index (κ2) is 9.23. The number of benzene rings is 2. The molecule has 0 spiro atoms. The van der Waals surface area contributed by atoms with E-state index in [0.717, 1.165) is 37.1 Å². The highest BCUT2D eigenvalue weighted by atomic mass is 16.1. The first kappa shape index (κ1) is 22.0. The van der Waals surface area contributed by atoms with Crippen molar-refractivity contribution in [1.29, 1.82) is 5.41 Å². The summed E-state index contributed by atoms with van der Waals surface area (Å²) in [6.07, 6.45) is 4.58. The molecule has 2 aromatic carbocycles. The van der Waals surface area contributed by atoms with Crippen molar-refractivity contribution in [2.75, 3.05) is 22.9 Å². The molecule has 1 amide bonds. The largest absolute Gasteiger partial charge is 0.383 e. The van der Waals surface area contributed by atoms with Crippen molar-refractivity contribution in [2.45, 2.75) is 38.3 Å².